The molecule has 1 saturated heterocycles. The fourth-order valence-corrected chi connectivity index (χ4v) is 0.817. The van der Waals surface area contributed by atoms with Gasteiger partial charge in [0, 0.05) is 15.4 Å². The smallest absolute Gasteiger partial charge is 0.461 e. The number of quaternary nitrogens is 1. The van der Waals surface area contributed by atoms with Gasteiger partial charge in [-0.15, -0.1) is 8.78 Å². The van der Waals surface area contributed by atoms with Crippen molar-refractivity contribution >= 4 is 0 Å². The number of halogens is 5. The van der Waals surface area contributed by atoms with Crippen molar-refractivity contribution in [3.63, 3.8) is 0 Å². The molecule has 1 fully saturated rings. The van der Waals surface area contributed by atoms with Gasteiger partial charge in [0.05, 0.1) is 6.42 Å². The molecule has 10 heavy (non-hydrogen) atoms. The maximum atomic E-state index is 11.9. The van der Waals surface area contributed by atoms with Crippen LogP contribution in [0.5, 0.6) is 0 Å². The van der Waals surface area contributed by atoms with Gasteiger partial charge in [-0.05, 0) is 0 Å². The molecule has 0 atom stereocenters. The van der Waals surface area contributed by atoms with Gasteiger partial charge in [-0.25, -0.2) is 0 Å². The second-order valence-electron chi connectivity index (χ2n) is 2.12. The van der Waals surface area contributed by atoms with Crippen LogP contribution in [-0.2, 0) is 0 Å². The summed E-state index contributed by atoms with van der Waals surface area (Å²) in [7, 11) is 0. The van der Waals surface area contributed by atoms with Gasteiger partial charge in [0.15, 0.2) is 6.54 Å². The lowest BCUT2D eigenvalue weighted by atomic mass is 10.4. The first kappa shape index (κ1) is 9.97. The van der Waals surface area contributed by atoms with Crippen molar-refractivity contribution < 1.29 is 35.1 Å². The van der Waals surface area contributed by atoms with Gasteiger partial charge < -0.3 is 12.4 Å². The Morgan fingerprint density at radius 1 is 1.20 bits per heavy atom. The summed E-state index contributed by atoms with van der Waals surface area (Å²) in [5.41, 5.74) is 0. The first-order valence-corrected chi connectivity index (χ1v) is 2.61. The minimum Gasteiger partial charge on any atom is -1.00 e. The molecule has 62 valence electrons. The first-order valence-electron chi connectivity index (χ1n) is 2.61. The molecule has 0 radical (unpaired) electrons. The molecule has 0 N–H and O–H groups in total. The summed E-state index contributed by atoms with van der Waals surface area (Å²) in [5, 5.41) is 0. The van der Waals surface area contributed by atoms with Crippen LogP contribution in [0.2, 0.25) is 0 Å². The summed E-state index contributed by atoms with van der Waals surface area (Å²) < 4.78 is 47.7. The van der Waals surface area contributed by atoms with Gasteiger partial charge in [-0.1, -0.05) is 0 Å². The molecule has 0 amide bonds. The highest BCUT2D eigenvalue weighted by molar-refractivity contribution is 4.57. The van der Waals surface area contributed by atoms with Gasteiger partial charge in [-0.2, -0.15) is 0 Å². The molecular formula is C4H6ClF4N. The summed E-state index contributed by atoms with van der Waals surface area (Å²) >= 11 is 0. The predicted molar refractivity (Wildman–Crippen MR) is 21.5 cm³/mol. The lowest BCUT2D eigenvalue weighted by molar-refractivity contribution is -1.21. The summed E-state index contributed by atoms with van der Waals surface area (Å²) in [5.74, 6) is 0. The Labute approximate surface area is 61.5 Å². The molecular weight excluding hydrogens is 173 g/mol. The highest BCUT2D eigenvalue weighted by Gasteiger charge is 2.63. The van der Waals surface area contributed by atoms with Crippen molar-refractivity contribution in [2.24, 2.45) is 0 Å². The molecule has 1 rings (SSSR count). The van der Waals surface area contributed by atoms with E-state index in [9.17, 15) is 17.7 Å². The Morgan fingerprint density at radius 2 is 1.70 bits per heavy atom. The van der Waals surface area contributed by atoms with E-state index in [0.29, 0.717) is 0 Å². The van der Waals surface area contributed by atoms with Crippen LogP contribution in [0, 0.1) is 0 Å². The Morgan fingerprint density at radius 3 is 1.80 bits per heavy atom. The lowest BCUT2D eigenvalue weighted by Gasteiger charge is -2.12. The third-order valence-corrected chi connectivity index (χ3v) is 1.40. The molecule has 1 nitrogen and oxygen atoms in total. The van der Waals surface area contributed by atoms with Crippen LogP contribution in [0.1, 0.15) is 12.8 Å². The van der Waals surface area contributed by atoms with Gasteiger partial charge >= 0.3 is 6.05 Å². The van der Waals surface area contributed by atoms with E-state index in [1.54, 1.807) is 0 Å². The van der Waals surface area contributed by atoms with Crippen LogP contribution >= 0.6 is 0 Å². The zero-order valence-electron chi connectivity index (χ0n) is 4.96. The second kappa shape index (κ2) is 2.54. The summed E-state index contributed by atoms with van der Waals surface area (Å²) in [4.78, 5) is -3.13. The summed E-state index contributed by atoms with van der Waals surface area (Å²) in [6.07, 6.45) is -0.792. The molecule has 0 saturated carbocycles. The van der Waals surface area contributed by atoms with E-state index in [1.165, 1.54) is 0 Å². The van der Waals surface area contributed by atoms with Gasteiger partial charge in [0.2, 0.25) is 0 Å². The summed E-state index contributed by atoms with van der Waals surface area (Å²) in [6.45, 7) is -0.729. The van der Waals surface area contributed by atoms with Crippen molar-refractivity contribution in [2.45, 2.75) is 18.9 Å². The van der Waals surface area contributed by atoms with Crippen molar-refractivity contribution in [2.75, 3.05) is 6.54 Å². The molecule has 0 aromatic carbocycles. The largest absolute Gasteiger partial charge is 1.00 e. The highest BCUT2D eigenvalue weighted by Crippen LogP contribution is 2.40. The molecule has 1 aliphatic heterocycles. The normalized spacial score (nSPS) is 27.6. The summed E-state index contributed by atoms with van der Waals surface area (Å²) in [6, 6.07) is -3.81. The fourth-order valence-electron chi connectivity index (χ4n) is 0.817. The average Bonchev–Trinajstić information content (AvgIpc) is 1.81. The minimum atomic E-state index is -3.81. The van der Waals surface area contributed by atoms with Crippen LogP contribution in [0.15, 0.2) is 0 Å². The van der Waals surface area contributed by atoms with E-state index < -0.39 is 23.9 Å². The number of rotatable bonds is 0. The molecule has 0 aromatic heterocycles. The Kier molecular flexibility index (Phi) is 2.53. The van der Waals surface area contributed by atoms with E-state index in [4.69, 9.17) is 0 Å². The maximum Gasteiger partial charge on any atom is 0.461 e. The fraction of sp³-hybridized carbons (Fsp3) is 1.00. The molecule has 0 spiro atoms. The topological polar surface area (TPSA) is 0 Å². The number of alkyl halides is 2. The third-order valence-electron chi connectivity index (χ3n) is 1.40. The van der Waals surface area contributed by atoms with Crippen LogP contribution in [-0.4, -0.2) is 17.5 Å². The average molecular weight is 180 g/mol. The Balaban J connectivity index is 0.000000810. The standard InChI is InChI=1S/C4H6F4N.ClH/c5-4(6)2-1-3-9(4,7)8;/h1-3H2;1H/q+1;/p-1. The van der Waals surface area contributed by atoms with Crippen molar-refractivity contribution in [3.05, 3.63) is 0 Å². The SMILES string of the molecule is FC1(F)CCC[N+]1(F)F.[Cl-]. The number of hydrogen-bond acceptors (Lipinski definition) is 0. The van der Waals surface area contributed by atoms with E-state index in [0.717, 1.165) is 0 Å². The third kappa shape index (κ3) is 1.34. The van der Waals surface area contributed by atoms with Crippen molar-refractivity contribution in [3.8, 4) is 0 Å². The molecule has 1 heterocycles. The molecule has 1 aliphatic rings. The van der Waals surface area contributed by atoms with Crippen molar-refractivity contribution in [1.82, 2.24) is 0 Å². The highest BCUT2D eigenvalue weighted by atomic mass is 35.5. The molecule has 0 aromatic rings. The molecule has 0 unspecified atom stereocenters. The van der Waals surface area contributed by atoms with Gasteiger partial charge in [-0.3, -0.25) is 0 Å². The monoisotopic (exact) mass is 179 g/mol. The molecule has 0 aliphatic carbocycles. The van der Waals surface area contributed by atoms with Crippen LogP contribution in [0.4, 0.5) is 17.7 Å². The molecule has 0 bridgehead atoms. The molecule has 6 heteroatoms. The Hall–Kier alpha value is -0.0300. The van der Waals surface area contributed by atoms with Crippen molar-refractivity contribution in [1.29, 1.82) is 0 Å². The van der Waals surface area contributed by atoms with E-state index >= 15 is 0 Å². The van der Waals surface area contributed by atoms with Gasteiger partial charge in [0.25, 0.3) is 0 Å². The van der Waals surface area contributed by atoms with Gasteiger partial charge in [0.1, 0.15) is 4.93 Å². The van der Waals surface area contributed by atoms with E-state index in [2.05, 4.69) is 0 Å². The number of hydrogen-bond donors (Lipinski definition) is 0. The van der Waals surface area contributed by atoms with E-state index in [-0.39, 0.29) is 18.8 Å². The quantitative estimate of drug-likeness (QED) is 0.253. The minimum absolute atomic E-state index is 0. The lowest BCUT2D eigenvalue weighted by Crippen LogP contribution is -3.00. The first-order chi connectivity index (χ1) is 3.96. The van der Waals surface area contributed by atoms with E-state index in [1.807, 2.05) is 0 Å². The Bertz CT molecular complexity index is 112. The zero-order chi connectivity index (χ0) is 7.12. The van der Waals surface area contributed by atoms with Crippen LogP contribution in [0.3, 0.4) is 0 Å². The second-order valence-corrected chi connectivity index (χ2v) is 2.12. The maximum absolute atomic E-state index is 11.9. The van der Waals surface area contributed by atoms with Crippen LogP contribution < -0.4 is 12.4 Å². The number of nitrogens with zero attached hydrogens (tertiary/aromatic N) is 1. The van der Waals surface area contributed by atoms with Crippen LogP contribution in [0.25, 0.3) is 0 Å². The predicted octanol–water partition coefficient (Wildman–Crippen LogP) is -1.04. The zero-order valence-corrected chi connectivity index (χ0v) is 5.71.